The number of hydrogen-bond donors (Lipinski definition) is 1. The van der Waals surface area contributed by atoms with Crippen LogP contribution in [0.4, 0.5) is 0 Å². The number of ether oxygens (including phenoxy) is 4. The molecule has 152 valence electrons. The van der Waals surface area contributed by atoms with Gasteiger partial charge in [0.05, 0.1) is 23.2 Å². The molecule has 2 spiro atoms. The number of rotatable bonds is 0. The molecule has 2 saturated carbocycles. The molecule has 9 atom stereocenters. The Morgan fingerprint density at radius 1 is 1.07 bits per heavy atom. The van der Waals surface area contributed by atoms with Gasteiger partial charge in [-0.1, -0.05) is 20.8 Å². The maximum absolute atomic E-state index is 13.3. The zero-order valence-corrected chi connectivity index (χ0v) is 16.3. The van der Waals surface area contributed by atoms with Gasteiger partial charge in [-0.2, -0.15) is 0 Å². The molecule has 8 nitrogen and oxygen atoms in total. The summed E-state index contributed by atoms with van der Waals surface area (Å²) in [4.78, 5) is 38.0. The Balaban J connectivity index is 1.66. The molecular weight excluding hydrogens is 368 g/mol. The molecule has 0 bridgehead atoms. The quantitative estimate of drug-likeness (QED) is 0.474. The van der Waals surface area contributed by atoms with Crippen LogP contribution in [-0.4, -0.2) is 52.7 Å². The SMILES string of the molecule is C[C@@H]1C(=O)OC2CC34C5C[C@@H](C(C)(C)C)C36CC(=O)O[C@H]6OC4(C(=O)O5)[C@]21O. The Morgan fingerprint density at radius 3 is 2.46 bits per heavy atom. The number of fused-ring (bicyclic) bond motifs is 1. The maximum atomic E-state index is 13.3. The number of esters is 3. The lowest BCUT2D eigenvalue weighted by Crippen LogP contribution is -2.65. The highest BCUT2D eigenvalue weighted by Gasteiger charge is 2.99. The van der Waals surface area contributed by atoms with E-state index >= 15 is 0 Å². The fraction of sp³-hybridized carbons (Fsp3) is 0.850. The molecule has 2 aliphatic carbocycles. The maximum Gasteiger partial charge on any atom is 0.342 e. The molecule has 0 aromatic heterocycles. The van der Waals surface area contributed by atoms with Crippen LogP contribution < -0.4 is 0 Å². The average Bonchev–Trinajstić information content (AvgIpc) is 3.28. The molecule has 0 aromatic carbocycles. The fourth-order valence-corrected chi connectivity index (χ4v) is 8.04. The van der Waals surface area contributed by atoms with E-state index in [1.165, 1.54) is 0 Å². The summed E-state index contributed by atoms with van der Waals surface area (Å²) in [6.45, 7) is 7.85. The molecule has 1 N–H and O–H groups in total. The topological polar surface area (TPSA) is 108 Å². The Bertz CT molecular complexity index is 861. The van der Waals surface area contributed by atoms with E-state index in [9.17, 15) is 19.5 Å². The van der Waals surface area contributed by atoms with Gasteiger partial charge in [0.1, 0.15) is 12.2 Å². The van der Waals surface area contributed by atoms with Gasteiger partial charge in [-0.15, -0.1) is 0 Å². The number of carbonyl (C=O) groups excluding carboxylic acids is 3. The smallest absolute Gasteiger partial charge is 0.342 e. The minimum atomic E-state index is -1.84. The summed E-state index contributed by atoms with van der Waals surface area (Å²) in [6.07, 6.45) is -1.40. The molecule has 8 heteroatoms. The molecular formula is C20H24O8. The Hall–Kier alpha value is -1.67. The van der Waals surface area contributed by atoms with Gasteiger partial charge in [0.15, 0.2) is 5.60 Å². The highest BCUT2D eigenvalue weighted by atomic mass is 16.7. The van der Waals surface area contributed by atoms with Crippen LogP contribution in [0.25, 0.3) is 0 Å². The van der Waals surface area contributed by atoms with Gasteiger partial charge in [-0.3, -0.25) is 9.59 Å². The lowest BCUT2D eigenvalue weighted by atomic mass is 9.52. The van der Waals surface area contributed by atoms with Crippen molar-refractivity contribution in [1.29, 1.82) is 0 Å². The molecule has 4 saturated heterocycles. The van der Waals surface area contributed by atoms with Crippen molar-refractivity contribution in [2.45, 2.75) is 76.7 Å². The van der Waals surface area contributed by atoms with Crippen LogP contribution >= 0.6 is 0 Å². The largest absolute Gasteiger partial charge is 0.459 e. The highest BCUT2D eigenvalue weighted by Crippen LogP contribution is 2.84. The molecule has 6 rings (SSSR count). The van der Waals surface area contributed by atoms with Crippen molar-refractivity contribution in [2.24, 2.45) is 28.1 Å². The zero-order chi connectivity index (χ0) is 20.1. The van der Waals surface area contributed by atoms with E-state index in [0.717, 1.165) is 0 Å². The van der Waals surface area contributed by atoms with E-state index in [1.807, 2.05) is 0 Å². The summed E-state index contributed by atoms with van der Waals surface area (Å²) in [5, 5.41) is 11.8. The van der Waals surface area contributed by atoms with Crippen LogP contribution in [-0.2, 0) is 33.3 Å². The summed E-state index contributed by atoms with van der Waals surface area (Å²) in [5.74, 6) is -2.54. The monoisotopic (exact) mass is 392 g/mol. The molecule has 6 fully saturated rings. The Labute approximate surface area is 161 Å². The predicted octanol–water partition coefficient (Wildman–Crippen LogP) is 0.689. The van der Waals surface area contributed by atoms with E-state index in [1.54, 1.807) is 6.92 Å². The van der Waals surface area contributed by atoms with Crippen molar-refractivity contribution in [3.05, 3.63) is 0 Å². The third-order valence-corrected chi connectivity index (χ3v) is 8.88. The van der Waals surface area contributed by atoms with E-state index < -0.39 is 58.4 Å². The molecule has 4 heterocycles. The van der Waals surface area contributed by atoms with Gasteiger partial charge in [0.25, 0.3) is 0 Å². The van der Waals surface area contributed by atoms with Gasteiger partial charge >= 0.3 is 17.9 Å². The van der Waals surface area contributed by atoms with E-state index in [-0.39, 0.29) is 30.1 Å². The van der Waals surface area contributed by atoms with E-state index in [0.29, 0.717) is 6.42 Å². The first-order chi connectivity index (χ1) is 13.0. The molecule has 28 heavy (non-hydrogen) atoms. The van der Waals surface area contributed by atoms with Crippen molar-refractivity contribution in [3.63, 3.8) is 0 Å². The third kappa shape index (κ3) is 1.26. The normalized spacial score (nSPS) is 58.2. The summed E-state index contributed by atoms with van der Waals surface area (Å²) in [6, 6.07) is 0. The van der Waals surface area contributed by atoms with Gasteiger partial charge in [0, 0.05) is 6.42 Å². The lowest BCUT2D eigenvalue weighted by Gasteiger charge is -2.45. The first-order valence-electron chi connectivity index (χ1n) is 9.98. The van der Waals surface area contributed by atoms with E-state index in [4.69, 9.17) is 18.9 Å². The standard InChI is InChI=1S/C20H24O8/c1-8-13(22)25-11-6-18-10-5-9(16(2,3)4)17(18)7-12(21)27-15(17)28-20(18,14(23)26-10)19(8,11)24/h8-11,15,24H,5-7H2,1-4H3/t8-,9+,10?,11?,15+,17?,18?,19-,20?/m1/s1. The van der Waals surface area contributed by atoms with Crippen LogP contribution in [0.1, 0.15) is 47.0 Å². The van der Waals surface area contributed by atoms with Gasteiger partial charge in [-0.05, 0) is 24.7 Å². The fourth-order valence-electron chi connectivity index (χ4n) is 8.04. The second kappa shape index (κ2) is 4.26. The van der Waals surface area contributed by atoms with E-state index in [2.05, 4.69) is 20.8 Å². The van der Waals surface area contributed by atoms with Gasteiger partial charge in [0.2, 0.25) is 11.9 Å². The number of aliphatic hydroxyl groups is 1. The summed E-state index contributed by atoms with van der Waals surface area (Å²) < 4.78 is 23.2. The minimum Gasteiger partial charge on any atom is -0.459 e. The van der Waals surface area contributed by atoms with Crippen LogP contribution in [0.3, 0.4) is 0 Å². The summed E-state index contributed by atoms with van der Waals surface area (Å²) >= 11 is 0. The number of hydrogen-bond acceptors (Lipinski definition) is 8. The van der Waals surface area contributed by atoms with Crippen molar-refractivity contribution in [2.75, 3.05) is 0 Å². The summed E-state index contributed by atoms with van der Waals surface area (Å²) in [7, 11) is 0. The first-order valence-corrected chi connectivity index (χ1v) is 9.98. The molecule has 0 amide bonds. The zero-order valence-electron chi connectivity index (χ0n) is 16.3. The average molecular weight is 392 g/mol. The highest BCUT2D eigenvalue weighted by molar-refractivity contribution is 5.92. The minimum absolute atomic E-state index is 0.0233. The van der Waals surface area contributed by atoms with Crippen LogP contribution in [0.5, 0.6) is 0 Å². The van der Waals surface area contributed by atoms with Crippen molar-refractivity contribution >= 4 is 17.9 Å². The molecule has 0 radical (unpaired) electrons. The van der Waals surface area contributed by atoms with Crippen LogP contribution in [0.15, 0.2) is 0 Å². The second-order valence-electron chi connectivity index (χ2n) is 10.5. The Morgan fingerprint density at radius 2 is 1.79 bits per heavy atom. The predicted molar refractivity (Wildman–Crippen MR) is 89.2 cm³/mol. The van der Waals surface area contributed by atoms with Crippen molar-refractivity contribution in [1.82, 2.24) is 0 Å². The van der Waals surface area contributed by atoms with Crippen LogP contribution in [0, 0.1) is 28.1 Å². The van der Waals surface area contributed by atoms with Gasteiger partial charge in [-0.25, -0.2) is 4.79 Å². The summed E-state index contributed by atoms with van der Waals surface area (Å²) in [5.41, 5.74) is -5.57. The van der Waals surface area contributed by atoms with Crippen molar-refractivity contribution < 1.29 is 38.4 Å². The molecule has 6 aliphatic rings. The first kappa shape index (κ1) is 17.2. The third-order valence-electron chi connectivity index (χ3n) is 8.88. The molecule has 4 aliphatic heterocycles. The molecule has 0 aromatic rings. The Kier molecular flexibility index (Phi) is 2.62. The number of carbonyl (C=O) groups is 3. The van der Waals surface area contributed by atoms with Gasteiger partial charge < -0.3 is 24.1 Å². The van der Waals surface area contributed by atoms with Crippen molar-refractivity contribution in [3.8, 4) is 0 Å². The van der Waals surface area contributed by atoms with Crippen LogP contribution in [0.2, 0.25) is 0 Å². The molecule has 5 unspecified atom stereocenters. The second-order valence-corrected chi connectivity index (χ2v) is 10.5. The lowest BCUT2D eigenvalue weighted by molar-refractivity contribution is -0.238.